The summed E-state index contributed by atoms with van der Waals surface area (Å²) in [5.41, 5.74) is 2.93. The van der Waals surface area contributed by atoms with E-state index in [1.165, 1.54) is 11.8 Å². The summed E-state index contributed by atoms with van der Waals surface area (Å²) in [5.74, 6) is -0.441. The van der Waals surface area contributed by atoms with Crippen LogP contribution in [-0.4, -0.2) is 25.9 Å². The van der Waals surface area contributed by atoms with E-state index in [2.05, 4.69) is 9.55 Å². The molecule has 2 aromatic heterocycles. The van der Waals surface area contributed by atoms with Gasteiger partial charge in [0.05, 0.1) is 11.0 Å². The van der Waals surface area contributed by atoms with Crippen LogP contribution in [-0.2, 0) is 4.79 Å². The molecule has 0 radical (unpaired) electrons. The van der Waals surface area contributed by atoms with Crippen LogP contribution in [0, 0.1) is 5.92 Å². The first-order chi connectivity index (χ1) is 11.7. The van der Waals surface area contributed by atoms with Crippen molar-refractivity contribution in [2.24, 2.45) is 5.92 Å². The van der Waals surface area contributed by atoms with E-state index in [-0.39, 0.29) is 11.2 Å². The van der Waals surface area contributed by atoms with Gasteiger partial charge in [0, 0.05) is 23.0 Å². The Hall–Kier alpha value is -2.27. The lowest BCUT2D eigenvalue weighted by Crippen LogP contribution is -2.31. The predicted octanol–water partition coefficient (Wildman–Crippen LogP) is 4.37. The maximum atomic E-state index is 11.7. The van der Waals surface area contributed by atoms with Crippen molar-refractivity contribution in [3.63, 3.8) is 0 Å². The summed E-state index contributed by atoms with van der Waals surface area (Å²) >= 11 is 1.46. The van der Waals surface area contributed by atoms with Gasteiger partial charge >= 0.3 is 5.97 Å². The minimum absolute atomic E-state index is 0.274. The normalized spacial score (nSPS) is 16.0. The average molecular weight is 338 g/mol. The van der Waals surface area contributed by atoms with Crippen LogP contribution in [0.25, 0.3) is 16.7 Å². The van der Waals surface area contributed by atoms with E-state index in [1.54, 1.807) is 6.20 Å². The molecule has 0 spiro atoms. The highest BCUT2D eigenvalue weighted by Crippen LogP contribution is 2.41. The fourth-order valence-electron chi connectivity index (χ4n) is 3.16. The molecule has 4 nitrogen and oxygen atoms in total. The van der Waals surface area contributed by atoms with Gasteiger partial charge in [-0.25, -0.2) is 0 Å². The Labute approximate surface area is 144 Å². The van der Waals surface area contributed by atoms with Crippen LogP contribution in [0.1, 0.15) is 19.3 Å². The van der Waals surface area contributed by atoms with Crippen LogP contribution < -0.4 is 0 Å². The van der Waals surface area contributed by atoms with Crippen molar-refractivity contribution in [2.75, 3.05) is 0 Å². The van der Waals surface area contributed by atoms with E-state index in [9.17, 15) is 9.90 Å². The summed E-state index contributed by atoms with van der Waals surface area (Å²) in [5, 5.41) is 9.25. The zero-order valence-corrected chi connectivity index (χ0v) is 13.9. The smallest absolute Gasteiger partial charge is 0.317 e. The number of carbonyl (C=O) groups is 1. The zero-order valence-electron chi connectivity index (χ0n) is 13.1. The topological polar surface area (TPSA) is 55.1 Å². The quantitative estimate of drug-likeness (QED) is 0.702. The summed E-state index contributed by atoms with van der Waals surface area (Å²) in [6.45, 7) is 0. The van der Waals surface area contributed by atoms with Gasteiger partial charge in [0.1, 0.15) is 5.25 Å². The SMILES string of the molecule is O=C(O)C(Sc1ccnc2ccn(-c3ccccc3)c12)C1CCC1. The molecule has 0 amide bonds. The standard InChI is InChI=1S/C19H18N2O2S/c22-19(23)18(13-5-4-6-13)24-16-9-11-20-15-10-12-21(17(15)16)14-7-2-1-3-8-14/h1-3,7-13,18H,4-6H2,(H,22,23). The number of carboxylic acids is 1. The molecule has 1 aliphatic rings. The molecule has 0 aliphatic heterocycles. The molecule has 3 aromatic rings. The van der Waals surface area contributed by atoms with E-state index >= 15 is 0 Å². The second-order valence-corrected chi connectivity index (χ2v) is 7.32. The lowest BCUT2D eigenvalue weighted by atomic mass is 9.83. The molecule has 5 heteroatoms. The number of benzene rings is 1. The van der Waals surface area contributed by atoms with Gasteiger partial charge in [-0.2, -0.15) is 0 Å². The van der Waals surface area contributed by atoms with E-state index in [0.717, 1.165) is 40.9 Å². The summed E-state index contributed by atoms with van der Waals surface area (Å²) in [7, 11) is 0. The number of hydrogen-bond acceptors (Lipinski definition) is 3. The zero-order chi connectivity index (χ0) is 16.5. The number of para-hydroxylation sites is 1. The van der Waals surface area contributed by atoms with Crippen molar-refractivity contribution in [3.8, 4) is 5.69 Å². The van der Waals surface area contributed by atoms with Crippen molar-refractivity contribution >= 4 is 28.8 Å². The second-order valence-electron chi connectivity index (χ2n) is 6.13. The minimum Gasteiger partial charge on any atom is -0.480 e. The molecular weight excluding hydrogens is 320 g/mol. The fraction of sp³-hybridized carbons (Fsp3) is 0.263. The number of aliphatic carboxylic acids is 1. The van der Waals surface area contributed by atoms with Crippen molar-refractivity contribution in [1.29, 1.82) is 0 Å². The molecule has 1 aromatic carbocycles. The van der Waals surface area contributed by atoms with Gasteiger partial charge in [-0.3, -0.25) is 9.78 Å². The minimum atomic E-state index is -0.715. The van der Waals surface area contributed by atoms with Gasteiger partial charge in [0.15, 0.2) is 0 Å². The first-order valence-corrected chi connectivity index (χ1v) is 9.03. The molecule has 0 saturated heterocycles. The predicted molar refractivity (Wildman–Crippen MR) is 95.7 cm³/mol. The van der Waals surface area contributed by atoms with Crippen molar-refractivity contribution < 1.29 is 9.90 Å². The molecule has 1 unspecified atom stereocenters. The van der Waals surface area contributed by atoms with Gasteiger partial charge in [0.25, 0.3) is 0 Å². The molecule has 1 saturated carbocycles. The fourth-order valence-corrected chi connectivity index (χ4v) is 4.45. The molecule has 122 valence electrons. The number of carboxylic acid groups (broad SMARTS) is 1. The van der Waals surface area contributed by atoms with Crippen LogP contribution in [0.15, 0.2) is 59.8 Å². The summed E-state index contributed by atoms with van der Waals surface area (Å²) in [4.78, 5) is 17.1. The molecular formula is C19H18N2O2S. The molecule has 24 heavy (non-hydrogen) atoms. The Kier molecular flexibility index (Phi) is 4.02. The third kappa shape index (κ3) is 2.69. The Morgan fingerprint density at radius 2 is 2.00 bits per heavy atom. The third-order valence-electron chi connectivity index (χ3n) is 4.65. The first kappa shape index (κ1) is 15.3. The summed E-state index contributed by atoms with van der Waals surface area (Å²) < 4.78 is 2.09. The average Bonchev–Trinajstić information content (AvgIpc) is 2.98. The Balaban J connectivity index is 1.78. The molecule has 1 atom stereocenters. The van der Waals surface area contributed by atoms with E-state index in [4.69, 9.17) is 0 Å². The van der Waals surface area contributed by atoms with Gasteiger partial charge in [-0.05, 0) is 43.0 Å². The number of thioether (sulfide) groups is 1. The number of pyridine rings is 1. The van der Waals surface area contributed by atoms with Crippen molar-refractivity contribution in [1.82, 2.24) is 9.55 Å². The van der Waals surface area contributed by atoms with Crippen LogP contribution in [0.4, 0.5) is 0 Å². The number of nitrogens with zero attached hydrogens (tertiary/aromatic N) is 2. The highest BCUT2D eigenvalue weighted by molar-refractivity contribution is 8.00. The molecule has 4 rings (SSSR count). The molecule has 1 fully saturated rings. The highest BCUT2D eigenvalue weighted by Gasteiger charge is 2.34. The van der Waals surface area contributed by atoms with Gasteiger partial charge < -0.3 is 9.67 Å². The lowest BCUT2D eigenvalue weighted by Gasteiger charge is -2.30. The number of hydrogen-bond donors (Lipinski definition) is 1. The Morgan fingerprint density at radius 1 is 1.21 bits per heavy atom. The number of rotatable bonds is 5. The monoisotopic (exact) mass is 338 g/mol. The van der Waals surface area contributed by atoms with E-state index in [0.29, 0.717) is 0 Å². The summed E-state index contributed by atoms with van der Waals surface area (Å²) in [6, 6.07) is 14.0. The largest absolute Gasteiger partial charge is 0.480 e. The number of aromatic nitrogens is 2. The maximum absolute atomic E-state index is 11.7. The van der Waals surface area contributed by atoms with E-state index in [1.807, 2.05) is 48.7 Å². The first-order valence-electron chi connectivity index (χ1n) is 8.15. The molecule has 1 N–H and O–H groups in total. The van der Waals surface area contributed by atoms with Gasteiger partial charge in [-0.15, -0.1) is 11.8 Å². The summed E-state index contributed by atoms with van der Waals surface area (Å²) in [6.07, 6.45) is 6.92. The number of fused-ring (bicyclic) bond motifs is 1. The second kappa shape index (κ2) is 6.32. The maximum Gasteiger partial charge on any atom is 0.317 e. The molecule has 0 bridgehead atoms. The van der Waals surface area contributed by atoms with Crippen LogP contribution in [0.3, 0.4) is 0 Å². The van der Waals surface area contributed by atoms with Gasteiger partial charge in [-0.1, -0.05) is 24.6 Å². The van der Waals surface area contributed by atoms with Crippen LogP contribution >= 0.6 is 11.8 Å². The van der Waals surface area contributed by atoms with Crippen molar-refractivity contribution in [3.05, 3.63) is 54.9 Å². The Bertz CT molecular complexity index is 871. The third-order valence-corrected chi connectivity index (χ3v) is 6.07. The van der Waals surface area contributed by atoms with E-state index < -0.39 is 5.97 Å². The molecule has 2 heterocycles. The van der Waals surface area contributed by atoms with Crippen LogP contribution in [0.2, 0.25) is 0 Å². The Morgan fingerprint density at radius 3 is 2.67 bits per heavy atom. The van der Waals surface area contributed by atoms with Crippen LogP contribution in [0.5, 0.6) is 0 Å². The highest BCUT2D eigenvalue weighted by atomic mass is 32.2. The van der Waals surface area contributed by atoms with Gasteiger partial charge in [0.2, 0.25) is 0 Å². The van der Waals surface area contributed by atoms with Crippen molar-refractivity contribution in [2.45, 2.75) is 29.4 Å². The lowest BCUT2D eigenvalue weighted by molar-refractivity contribution is -0.138. The molecule has 1 aliphatic carbocycles.